The van der Waals surface area contributed by atoms with E-state index in [0.717, 1.165) is 5.56 Å². The standard InChI is InChI=1S/C23H22Cl2FN3O4/c1-32-22-11-15(10-19(25)23(22)33-14-16-4-2-3-5-20(16)26)13-27-8-9-28-21-7-6-17(29(30)31)12-18(21)24/h2-7,10-12,27-28H,8-9,13-14H2,1H3. The maximum atomic E-state index is 13.8. The largest absolute Gasteiger partial charge is 0.493 e. The zero-order valence-electron chi connectivity index (χ0n) is 17.7. The predicted molar refractivity (Wildman–Crippen MR) is 127 cm³/mol. The summed E-state index contributed by atoms with van der Waals surface area (Å²) >= 11 is 12.5. The minimum Gasteiger partial charge on any atom is -0.493 e. The molecule has 0 heterocycles. The summed E-state index contributed by atoms with van der Waals surface area (Å²) in [6.45, 7) is 1.68. The summed E-state index contributed by atoms with van der Waals surface area (Å²) in [5.74, 6) is 0.448. The number of nitro benzene ring substituents is 1. The van der Waals surface area contributed by atoms with Crippen molar-refractivity contribution in [2.75, 3.05) is 25.5 Å². The van der Waals surface area contributed by atoms with Crippen molar-refractivity contribution in [2.24, 2.45) is 0 Å². The molecular weight excluding hydrogens is 472 g/mol. The number of benzene rings is 3. The fraction of sp³-hybridized carbons (Fsp3) is 0.217. The number of nitro groups is 1. The molecule has 0 aliphatic heterocycles. The SMILES string of the molecule is COc1cc(CNCCNc2ccc([N+](=O)[O-])cc2Cl)cc(Cl)c1OCc1ccccc1F. The molecule has 3 aromatic carbocycles. The molecule has 0 atom stereocenters. The molecule has 0 amide bonds. The Hall–Kier alpha value is -3.07. The molecule has 33 heavy (non-hydrogen) atoms. The molecule has 0 fully saturated rings. The Bertz CT molecular complexity index is 1130. The number of halogens is 3. The summed E-state index contributed by atoms with van der Waals surface area (Å²) in [4.78, 5) is 10.3. The number of nitrogens with zero attached hydrogens (tertiary/aromatic N) is 1. The molecule has 2 N–H and O–H groups in total. The molecule has 0 unspecified atom stereocenters. The zero-order chi connectivity index (χ0) is 23.8. The van der Waals surface area contributed by atoms with Crippen LogP contribution < -0.4 is 20.1 Å². The lowest BCUT2D eigenvalue weighted by Crippen LogP contribution is -2.22. The first kappa shape index (κ1) is 24.6. The molecule has 0 radical (unpaired) electrons. The van der Waals surface area contributed by atoms with Gasteiger partial charge in [0, 0.05) is 37.3 Å². The van der Waals surface area contributed by atoms with Gasteiger partial charge in [-0.25, -0.2) is 4.39 Å². The van der Waals surface area contributed by atoms with Crippen molar-refractivity contribution in [3.05, 3.63) is 91.7 Å². The van der Waals surface area contributed by atoms with Gasteiger partial charge in [-0.15, -0.1) is 0 Å². The van der Waals surface area contributed by atoms with Gasteiger partial charge in [-0.1, -0.05) is 41.4 Å². The second kappa shape index (κ2) is 11.7. The molecule has 0 saturated carbocycles. The molecule has 0 aliphatic rings. The van der Waals surface area contributed by atoms with Crippen LogP contribution in [0, 0.1) is 15.9 Å². The second-order valence-electron chi connectivity index (χ2n) is 7.01. The fourth-order valence-corrected chi connectivity index (χ4v) is 3.59. The summed E-state index contributed by atoms with van der Waals surface area (Å²) in [5.41, 5.74) is 1.85. The van der Waals surface area contributed by atoms with Gasteiger partial charge in [-0.3, -0.25) is 10.1 Å². The van der Waals surface area contributed by atoms with Gasteiger partial charge in [0.2, 0.25) is 0 Å². The van der Waals surface area contributed by atoms with E-state index in [0.29, 0.717) is 47.4 Å². The van der Waals surface area contributed by atoms with Crippen LogP contribution in [0.4, 0.5) is 15.8 Å². The van der Waals surface area contributed by atoms with Crippen molar-refractivity contribution < 1.29 is 18.8 Å². The summed E-state index contributed by atoms with van der Waals surface area (Å²) < 4.78 is 25.0. The fourth-order valence-electron chi connectivity index (χ4n) is 3.06. The Morgan fingerprint density at radius 2 is 1.85 bits per heavy atom. The van der Waals surface area contributed by atoms with E-state index >= 15 is 0 Å². The van der Waals surface area contributed by atoms with E-state index < -0.39 is 4.92 Å². The number of nitrogens with one attached hydrogen (secondary N) is 2. The van der Waals surface area contributed by atoms with Crippen LogP contribution in [-0.4, -0.2) is 25.1 Å². The van der Waals surface area contributed by atoms with Gasteiger partial charge in [0.25, 0.3) is 5.69 Å². The second-order valence-corrected chi connectivity index (χ2v) is 7.83. The van der Waals surface area contributed by atoms with Crippen LogP contribution in [0.15, 0.2) is 54.6 Å². The third kappa shape index (κ3) is 6.71. The third-order valence-electron chi connectivity index (χ3n) is 4.73. The highest BCUT2D eigenvalue weighted by molar-refractivity contribution is 6.33. The van der Waals surface area contributed by atoms with Gasteiger partial charge >= 0.3 is 0 Å². The number of non-ortho nitro benzene ring substituents is 1. The summed E-state index contributed by atoms with van der Waals surface area (Å²) in [6.07, 6.45) is 0. The molecule has 0 aromatic heterocycles. The van der Waals surface area contributed by atoms with Crippen molar-refractivity contribution in [2.45, 2.75) is 13.2 Å². The highest BCUT2D eigenvalue weighted by Gasteiger charge is 2.14. The Morgan fingerprint density at radius 3 is 2.55 bits per heavy atom. The lowest BCUT2D eigenvalue weighted by molar-refractivity contribution is -0.384. The Morgan fingerprint density at radius 1 is 1.06 bits per heavy atom. The number of hydrogen-bond acceptors (Lipinski definition) is 6. The minimum atomic E-state index is -0.493. The first-order valence-corrected chi connectivity index (χ1v) is 10.8. The van der Waals surface area contributed by atoms with Crippen LogP contribution in [0.2, 0.25) is 10.0 Å². The monoisotopic (exact) mass is 493 g/mol. The number of ether oxygens (including phenoxy) is 2. The third-order valence-corrected chi connectivity index (χ3v) is 5.32. The molecule has 7 nitrogen and oxygen atoms in total. The Kier molecular flexibility index (Phi) is 8.71. The van der Waals surface area contributed by atoms with Gasteiger partial charge in [0.1, 0.15) is 12.4 Å². The first-order valence-electron chi connectivity index (χ1n) is 10.00. The summed E-state index contributed by atoms with van der Waals surface area (Å²) in [7, 11) is 1.51. The Labute approximate surface area is 200 Å². The van der Waals surface area contributed by atoms with Gasteiger partial charge in [-0.2, -0.15) is 0 Å². The van der Waals surface area contributed by atoms with E-state index in [4.69, 9.17) is 32.7 Å². The lowest BCUT2D eigenvalue weighted by atomic mass is 10.2. The number of anilines is 1. The van der Waals surface area contributed by atoms with Crippen LogP contribution in [0.5, 0.6) is 11.5 Å². The smallest absolute Gasteiger partial charge is 0.271 e. The molecule has 174 valence electrons. The van der Waals surface area contributed by atoms with Crippen molar-refractivity contribution >= 4 is 34.6 Å². The first-order chi connectivity index (χ1) is 15.9. The van der Waals surface area contributed by atoms with Crippen molar-refractivity contribution in [1.29, 1.82) is 0 Å². The van der Waals surface area contributed by atoms with Crippen LogP contribution in [0.3, 0.4) is 0 Å². The number of rotatable bonds is 11. The van der Waals surface area contributed by atoms with Crippen molar-refractivity contribution in [3.63, 3.8) is 0 Å². The van der Waals surface area contributed by atoms with Crippen molar-refractivity contribution in [1.82, 2.24) is 5.32 Å². The van der Waals surface area contributed by atoms with Crippen molar-refractivity contribution in [3.8, 4) is 11.5 Å². The van der Waals surface area contributed by atoms with E-state index in [-0.39, 0.29) is 23.1 Å². The minimum absolute atomic E-state index is 0.0250. The molecule has 0 aliphatic carbocycles. The normalized spacial score (nSPS) is 10.7. The lowest BCUT2D eigenvalue weighted by Gasteiger charge is -2.15. The highest BCUT2D eigenvalue weighted by Crippen LogP contribution is 2.37. The van der Waals surface area contributed by atoms with Gasteiger partial charge in [0.15, 0.2) is 11.5 Å². The number of hydrogen-bond donors (Lipinski definition) is 2. The van der Waals surface area contributed by atoms with Crippen LogP contribution >= 0.6 is 23.2 Å². The molecular formula is C23H22Cl2FN3O4. The molecule has 0 bridgehead atoms. The molecule has 0 spiro atoms. The molecule has 3 aromatic rings. The topological polar surface area (TPSA) is 85.7 Å². The van der Waals surface area contributed by atoms with E-state index in [1.165, 1.54) is 25.3 Å². The maximum Gasteiger partial charge on any atom is 0.271 e. The van der Waals surface area contributed by atoms with E-state index in [9.17, 15) is 14.5 Å². The quantitative estimate of drug-likeness (QED) is 0.198. The molecule has 10 heteroatoms. The van der Waals surface area contributed by atoms with Crippen LogP contribution in [0.25, 0.3) is 0 Å². The van der Waals surface area contributed by atoms with Gasteiger partial charge in [0.05, 0.1) is 27.8 Å². The van der Waals surface area contributed by atoms with E-state index in [2.05, 4.69) is 10.6 Å². The number of methoxy groups -OCH3 is 1. The summed E-state index contributed by atoms with van der Waals surface area (Å²) in [6, 6.07) is 14.2. The van der Waals surface area contributed by atoms with Crippen LogP contribution in [-0.2, 0) is 13.2 Å². The van der Waals surface area contributed by atoms with Gasteiger partial charge in [-0.05, 0) is 29.8 Å². The van der Waals surface area contributed by atoms with Crippen LogP contribution in [0.1, 0.15) is 11.1 Å². The average molecular weight is 494 g/mol. The molecule has 0 saturated heterocycles. The maximum absolute atomic E-state index is 13.8. The van der Waals surface area contributed by atoms with Gasteiger partial charge < -0.3 is 20.1 Å². The molecule has 3 rings (SSSR count). The van der Waals surface area contributed by atoms with E-state index in [1.54, 1.807) is 36.4 Å². The average Bonchev–Trinajstić information content (AvgIpc) is 2.79. The summed E-state index contributed by atoms with van der Waals surface area (Å²) in [5, 5.41) is 17.8. The zero-order valence-corrected chi connectivity index (χ0v) is 19.3. The predicted octanol–water partition coefficient (Wildman–Crippen LogP) is 5.83. The highest BCUT2D eigenvalue weighted by atomic mass is 35.5. The van der Waals surface area contributed by atoms with E-state index in [1.807, 2.05) is 0 Å². The Balaban J connectivity index is 1.52.